The summed E-state index contributed by atoms with van der Waals surface area (Å²) in [6.07, 6.45) is 2.06. The van der Waals surface area contributed by atoms with Gasteiger partial charge in [0.1, 0.15) is 0 Å². The quantitative estimate of drug-likeness (QED) is 0.864. The summed E-state index contributed by atoms with van der Waals surface area (Å²) < 4.78 is 0.983. The van der Waals surface area contributed by atoms with Crippen LogP contribution in [0.25, 0.3) is 0 Å². The summed E-state index contributed by atoms with van der Waals surface area (Å²) in [6.45, 7) is 1.22. The fourth-order valence-corrected chi connectivity index (χ4v) is 1.87. The number of hydrogen-bond donors (Lipinski definition) is 1. The van der Waals surface area contributed by atoms with Crippen LogP contribution in [0.15, 0.2) is 33.7 Å². The summed E-state index contributed by atoms with van der Waals surface area (Å²) in [5.41, 5.74) is 0.731. The summed E-state index contributed by atoms with van der Waals surface area (Å²) in [5, 5.41) is 3.08. The molecule has 0 amide bonds. The zero-order valence-corrected chi connectivity index (χ0v) is 10.5. The summed E-state index contributed by atoms with van der Waals surface area (Å²) in [6, 6.07) is 7.40. The number of Topliss-reactive ketones (excluding diaryl/α,β-unsaturated/α-hetero) is 1. The Labute approximate surface area is 103 Å². The molecule has 0 aliphatic carbocycles. The second kappa shape index (κ2) is 5.25. The number of ketones is 1. The summed E-state index contributed by atoms with van der Waals surface area (Å²) in [4.78, 5) is 16.0. The van der Waals surface area contributed by atoms with Crippen LogP contribution >= 0.6 is 15.9 Å². The Morgan fingerprint density at radius 2 is 2.12 bits per heavy atom. The van der Waals surface area contributed by atoms with Gasteiger partial charge in [0.25, 0.3) is 0 Å². The number of halogens is 1. The van der Waals surface area contributed by atoms with Gasteiger partial charge in [-0.05, 0) is 18.6 Å². The molecule has 0 aromatic heterocycles. The summed E-state index contributed by atoms with van der Waals surface area (Å²) in [7, 11) is 0. The van der Waals surface area contributed by atoms with E-state index in [1.807, 2.05) is 24.3 Å². The Morgan fingerprint density at radius 3 is 2.75 bits per heavy atom. The number of nitrogens with zero attached hydrogens (tertiary/aromatic N) is 1. The van der Waals surface area contributed by atoms with Crippen LogP contribution in [-0.2, 0) is 0 Å². The maximum Gasteiger partial charge on any atom is 0.181 e. The largest absolute Gasteiger partial charge is 0.366 e. The van der Waals surface area contributed by atoms with Gasteiger partial charge in [-0.1, -0.05) is 28.1 Å². The van der Waals surface area contributed by atoms with Crippen molar-refractivity contribution >= 4 is 27.5 Å². The predicted octanol–water partition coefficient (Wildman–Crippen LogP) is 2.41. The van der Waals surface area contributed by atoms with Crippen LogP contribution in [0.4, 0.5) is 0 Å². The average Bonchev–Trinajstić information content (AvgIpc) is 2.80. The molecule has 1 aliphatic rings. The van der Waals surface area contributed by atoms with Gasteiger partial charge in [0.2, 0.25) is 0 Å². The Balaban J connectivity index is 1.90. The van der Waals surface area contributed by atoms with Gasteiger partial charge in [-0.15, -0.1) is 0 Å². The lowest BCUT2D eigenvalue weighted by Crippen LogP contribution is -2.28. The molecule has 16 heavy (non-hydrogen) atoms. The monoisotopic (exact) mass is 280 g/mol. The fourth-order valence-electron chi connectivity index (χ4n) is 1.60. The Hall–Kier alpha value is -1.16. The lowest BCUT2D eigenvalue weighted by molar-refractivity contribution is 0.0996. The van der Waals surface area contributed by atoms with Gasteiger partial charge in [0.05, 0.1) is 12.4 Å². The zero-order chi connectivity index (χ0) is 11.4. The van der Waals surface area contributed by atoms with Crippen molar-refractivity contribution < 1.29 is 4.79 Å². The lowest BCUT2D eigenvalue weighted by atomic mass is 10.1. The van der Waals surface area contributed by atoms with Gasteiger partial charge in [-0.25, -0.2) is 0 Å². The number of amidine groups is 1. The van der Waals surface area contributed by atoms with E-state index in [9.17, 15) is 4.79 Å². The lowest BCUT2D eigenvalue weighted by Gasteiger charge is -2.04. The van der Waals surface area contributed by atoms with E-state index in [4.69, 9.17) is 0 Å². The molecule has 1 aromatic rings. The van der Waals surface area contributed by atoms with Gasteiger partial charge in [0, 0.05) is 23.0 Å². The molecule has 0 radical (unpaired) electrons. The number of benzene rings is 1. The van der Waals surface area contributed by atoms with Crippen LogP contribution in [0, 0.1) is 0 Å². The first-order valence-electron chi connectivity index (χ1n) is 5.31. The van der Waals surface area contributed by atoms with E-state index in [1.165, 1.54) is 0 Å². The molecular weight excluding hydrogens is 268 g/mol. The maximum absolute atomic E-state index is 11.8. The van der Waals surface area contributed by atoms with E-state index in [-0.39, 0.29) is 5.78 Å². The molecule has 2 rings (SSSR count). The summed E-state index contributed by atoms with van der Waals surface area (Å²) >= 11 is 3.34. The van der Waals surface area contributed by atoms with Crippen LogP contribution in [0.5, 0.6) is 0 Å². The van der Waals surface area contributed by atoms with Crippen LogP contribution in [0.3, 0.4) is 0 Å². The topological polar surface area (TPSA) is 41.5 Å². The van der Waals surface area contributed by atoms with E-state index in [2.05, 4.69) is 26.2 Å². The second-order valence-corrected chi connectivity index (χ2v) is 4.63. The average molecular weight is 281 g/mol. The Morgan fingerprint density at radius 1 is 1.38 bits per heavy atom. The van der Waals surface area contributed by atoms with Crippen molar-refractivity contribution in [2.45, 2.75) is 12.8 Å². The molecule has 0 saturated heterocycles. The standard InChI is InChI=1S/C12H13BrN2O/c13-10-5-3-9(4-6-10)11(16)8-15-12-2-1-7-14-12/h3-6H,1-2,7-8H2,(H,14,15). The predicted molar refractivity (Wildman–Crippen MR) is 68.0 cm³/mol. The van der Waals surface area contributed by atoms with Gasteiger partial charge >= 0.3 is 0 Å². The number of hydrogen-bond acceptors (Lipinski definition) is 3. The van der Waals surface area contributed by atoms with Crippen molar-refractivity contribution in [3.05, 3.63) is 34.3 Å². The van der Waals surface area contributed by atoms with Crippen molar-refractivity contribution in [1.29, 1.82) is 0 Å². The number of aliphatic imine (C=N–C) groups is 1. The zero-order valence-electron chi connectivity index (χ0n) is 8.87. The van der Waals surface area contributed by atoms with E-state index in [1.54, 1.807) is 0 Å². The number of nitrogens with one attached hydrogen (secondary N) is 1. The minimum Gasteiger partial charge on any atom is -0.366 e. The highest BCUT2D eigenvalue weighted by Gasteiger charge is 2.09. The normalized spacial score (nSPS) is 14.7. The second-order valence-electron chi connectivity index (χ2n) is 3.72. The van der Waals surface area contributed by atoms with Gasteiger partial charge in [-0.3, -0.25) is 9.79 Å². The molecule has 0 atom stereocenters. The molecule has 84 valence electrons. The SMILES string of the molecule is O=C(CNC1=NCCC1)c1ccc(Br)cc1. The van der Waals surface area contributed by atoms with Crippen molar-refractivity contribution in [3.8, 4) is 0 Å². The van der Waals surface area contributed by atoms with Gasteiger partial charge < -0.3 is 5.32 Å². The third kappa shape index (κ3) is 2.92. The smallest absolute Gasteiger partial charge is 0.181 e. The number of carbonyl (C=O) groups excluding carboxylic acids is 1. The van der Waals surface area contributed by atoms with Crippen LogP contribution in [0.2, 0.25) is 0 Å². The first-order chi connectivity index (χ1) is 7.75. The molecule has 0 spiro atoms. The third-order valence-electron chi connectivity index (χ3n) is 2.49. The highest BCUT2D eigenvalue weighted by Crippen LogP contribution is 2.10. The van der Waals surface area contributed by atoms with Gasteiger partial charge in [-0.2, -0.15) is 0 Å². The van der Waals surface area contributed by atoms with E-state index in [0.29, 0.717) is 6.54 Å². The maximum atomic E-state index is 11.8. The molecule has 0 fully saturated rings. The van der Waals surface area contributed by atoms with Crippen LogP contribution in [0.1, 0.15) is 23.2 Å². The third-order valence-corrected chi connectivity index (χ3v) is 3.02. The van der Waals surface area contributed by atoms with E-state index < -0.39 is 0 Å². The van der Waals surface area contributed by atoms with Crippen molar-refractivity contribution in [2.24, 2.45) is 4.99 Å². The molecule has 0 saturated carbocycles. The number of carbonyl (C=O) groups is 1. The Bertz CT molecular complexity index is 412. The van der Waals surface area contributed by atoms with Gasteiger partial charge in [0.15, 0.2) is 5.78 Å². The van der Waals surface area contributed by atoms with E-state index >= 15 is 0 Å². The van der Waals surface area contributed by atoms with Crippen molar-refractivity contribution in [3.63, 3.8) is 0 Å². The summed E-state index contributed by atoms with van der Waals surface area (Å²) in [5.74, 6) is 1.06. The molecular formula is C12H13BrN2O. The fraction of sp³-hybridized carbons (Fsp3) is 0.333. The van der Waals surface area contributed by atoms with E-state index in [0.717, 1.165) is 35.3 Å². The van der Waals surface area contributed by atoms with Crippen molar-refractivity contribution in [2.75, 3.05) is 13.1 Å². The minimum atomic E-state index is 0.0992. The van der Waals surface area contributed by atoms with Crippen LogP contribution in [-0.4, -0.2) is 24.7 Å². The first-order valence-corrected chi connectivity index (χ1v) is 6.11. The molecule has 1 N–H and O–H groups in total. The number of rotatable bonds is 3. The Kier molecular flexibility index (Phi) is 3.72. The molecule has 0 unspecified atom stereocenters. The minimum absolute atomic E-state index is 0.0992. The highest BCUT2D eigenvalue weighted by atomic mass is 79.9. The molecule has 3 nitrogen and oxygen atoms in total. The first kappa shape index (κ1) is 11.3. The molecule has 1 aromatic carbocycles. The molecule has 0 bridgehead atoms. The highest BCUT2D eigenvalue weighted by molar-refractivity contribution is 9.10. The molecule has 1 aliphatic heterocycles. The molecule has 1 heterocycles. The van der Waals surface area contributed by atoms with Crippen LogP contribution < -0.4 is 5.32 Å². The molecule has 4 heteroatoms. The van der Waals surface area contributed by atoms with Crippen molar-refractivity contribution in [1.82, 2.24) is 5.32 Å².